The number of amides is 2. The Kier molecular flexibility index (Phi) is 6.60. The van der Waals surface area contributed by atoms with Crippen molar-refractivity contribution in [3.05, 3.63) is 35.9 Å². The summed E-state index contributed by atoms with van der Waals surface area (Å²) in [6.45, 7) is 9.18. The number of hydrogen-bond acceptors (Lipinski definition) is 2. The van der Waals surface area contributed by atoms with Gasteiger partial charge in [0, 0.05) is 11.5 Å². The predicted octanol–water partition coefficient (Wildman–Crippen LogP) is 2.67. The lowest BCUT2D eigenvalue weighted by Gasteiger charge is -2.23. The molecule has 0 spiro atoms. The van der Waals surface area contributed by atoms with Gasteiger partial charge in [-0.15, -0.1) is 0 Å². The summed E-state index contributed by atoms with van der Waals surface area (Å²) in [4.78, 5) is 24.0. The zero-order valence-corrected chi connectivity index (χ0v) is 14.3. The van der Waals surface area contributed by atoms with E-state index in [1.807, 2.05) is 45.9 Å². The van der Waals surface area contributed by atoms with E-state index in [1.165, 1.54) is 5.56 Å². The molecule has 2 amide bonds. The molecule has 0 aliphatic heterocycles. The fourth-order valence-corrected chi connectivity index (χ4v) is 1.95. The number of hydrogen-bond donors (Lipinski definition) is 2. The van der Waals surface area contributed by atoms with Crippen LogP contribution in [-0.4, -0.2) is 23.9 Å². The van der Waals surface area contributed by atoms with Crippen molar-refractivity contribution in [3.63, 3.8) is 0 Å². The average Bonchev–Trinajstić information content (AvgIpc) is 2.45. The summed E-state index contributed by atoms with van der Waals surface area (Å²) >= 11 is 0. The highest BCUT2D eigenvalue weighted by Crippen LogP contribution is 2.12. The molecule has 1 aromatic rings. The number of aryl methyl sites for hydroxylation is 1. The molecule has 0 aliphatic carbocycles. The third-order valence-electron chi connectivity index (χ3n) is 3.52. The van der Waals surface area contributed by atoms with E-state index in [1.54, 1.807) is 6.92 Å². The molecule has 4 heteroatoms. The lowest BCUT2D eigenvalue weighted by molar-refractivity contribution is -0.133. The molecule has 2 unspecified atom stereocenters. The van der Waals surface area contributed by atoms with Gasteiger partial charge in [0.15, 0.2) is 0 Å². The largest absolute Gasteiger partial charge is 0.352 e. The summed E-state index contributed by atoms with van der Waals surface area (Å²) in [5.41, 5.74) is 0.769. The zero-order valence-electron chi connectivity index (χ0n) is 14.3. The second kappa shape index (κ2) is 7.97. The molecule has 1 rings (SSSR count). The summed E-state index contributed by atoms with van der Waals surface area (Å²) in [5.74, 6) is -0.259. The van der Waals surface area contributed by atoms with Crippen molar-refractivity contribution < 1.29 is 9.59 Å². The Labute approximate surface area is 133 Å². The molecule has 0 aliphatic rings. The lowest BCUT2D eigenvalue weighted by atomic mass is 9.95. The van der Waals surface area contributed by atoms with Crippen LogP contribution in [0.4, 0.5) is 0 Å². The Balaban J connectivity index is 2.38. The highest BCUT2D eigenvalue weighted by atomic mass is 16.2. The molecule has 0 bridgehead atoms. The molecule has 0 radical (unpaired) electrons. The Bertz CT molecular complexity index is 492. The van der Waals surface area contributed by atoms with Crippen LogP contribution in [0.1, 0.15) is 46.6 Å². The number of nitrogens with one attached hydrogen (secondary N) is 2. The molecular formula is C18H28N2O2. The topological polar surface area (TPSA) is 58.2 Å². The number of benzene rings is 1. The zero-order chi connectivity index (χ0) is 16.8. The van der Waals surface area contributed by atoms with E-state index in [0.29, 0.717) is 0 Å². The first-order chi connectivity index (χ1) is 10.2. The van der Waals surface area contributed by atoms with Crippen molar-refractivity contribution in [1.82, 2.24) is 10.6 Å². The van der Waals surface area contributed by atoms with E-state index in [4.69, 9.17) is 0 Å². The normalized spacial score (nSPS) is 14.0. The van der Waals surface area contributed by atoms with Gasteiger partial charge in [-0.25, -0.2) is 0 Å². The minimum atomic E-state index is -0.522. The number of carbonyl (C=O) groups excluding carboxylic acids is 2. The van der Waals surface area contributed by atoms with E-state index < -0.39 is 11.5 Å². The minimum Gasteiger partial charge on any atom is -0.352 e. The van der Waals surface area contributed by atoms with E-state index in [2.05, 4.69) is 22.8 Å². The maximum atomic E-state index is 12.1. The van der Waals surface area contributed by atoms with Gasteiger partial charge in [-0.05, 0) is 32.3 Å². The van der Waals surface area contributed by atoms with Gasteiger partial charge < -0.3 is 10.6 Å². The number of carbonyl (C=O) groups is 2. The Morgan fingerprint density at radius 2 is 1.64 bits per heavy atom. The third-order valence-corrected chi connectivity index (χ3v) is 3.52. The maximum Gasteiger partial charge on any atom is 0.242 e. The molecule has 0 saturated heterocycles. The van der Waals surface area contributed by atoms with Crippen LogP contribution in [0.15, 0.2) is 30.3 Å². The van der Waals surface area contributed by atoms with E-state index in [0.717, 1.165) is 12.8 Å². The van der Waals surface area contributed by atoms with Crippen molar-refractivity contribution in [3.8, 4) is 0 Å². The fourth-order valence-electron chi connectivity index (χ4n) is 1.95. The van der Waals surface area contributed by atoms with Gasteiger partial charge in [0.05, 0.1) is 0 Å². The second-order valence-electron chi connectivity index (χ2n) is 6.88. The SMILES string of the molecule is CC(CCc1ccccc1)NC(=O)C(C)NC(=O)C(C)(C)C. The van der Waals surface area contributed by atoms with Crippen LogP contribution in [0, 0.1) is 5.41 Å². The standard InChI is InChI=1S/C18H28N2O2/c1-13(11-12-15-9-7-6-8-10-15)19-16(21)14(2)20-17(22)18(3,4)5/h6-10,13-14H,11-12H2,1-5H3,(H,19,21)(H,20,22). The summed E-state index contributed by atoms with van der Waals surface area (Å²) in [7, 11) is 0. The Morgan fingerprint density at radius 3 is 2.18 bits per heavy atom. The molecule has 0 saturated carbocycles. The predicted molar refractivity (Wildman–Crippen MR) is 89.4 cm³/mol. The van der Waals surface area contributed by atoms with E-state index >= 15 is 0 Å². The monoisotopic (exact) mass is 304 g/mol. The third kappa shape index (κ3) is 6.29. The van der Waals surface area contributed by atoms with Crippen LogP contribution in [0.3, 0.4) is 0 Å². The van der Waals surface area contributed by atoms with Crippen molar-refractivity contribution in [2.45, 2.75) is 59.5 Å². The van der Waals surface area contributed by atoms with Crippen LogP contribution >= 0.6 is 0 Å². The maximum absolute atomic E-state index is 12.1. The van der Waals surface area contributed by atoms with E-state index in [-0.39, 0.29) is 17.9 Å². The van der Waals surface area contributed by atoms with Gasteiger partial charge in [0.2, 0.25) is 11.8 Å². The van der Waals surface area contributed by atoms with Gasteiger partial charge in [-0.3, -0.25) is 9.59 Å². The summed E-state index contributed by atoms with van der Waals surface area (Å²) in [5, 5.41) is 5.70. The Morgan fingerprint density at radius 1 is 1.05 bits per heavy atom. The summed E-state index contributed by atoms with van der Waals surface area (Å²) in [6, 6.07) is 9.74. The minimum absolute atomic E-state index is 0.0710. The summed E-state index contributed by atoms with van der Waals surface area (Å²) in [6.07, 6.45) is 1.79. The van der Waals surface area contributed by atoms with Gasteiger partial charge in [-0.2, -0.15) is 0 Å². The van der Waals surface area contributed by atoms with Gasteiger partial charge in [0.1, 0.15) is 6.04 Å². The lowest BCUT2D eigenvalue weighted by Crippen LogP contribution is -2.50. The van der Waals surface area contributed by atoms with Crippen molar-refractivity contribution >= 4 is 11.8 Å². The first kappa shape index (κ1) is 18.2. The second-order valence-corrected chi connectivity index (χ2v) is 6.88. The van der Waals surface area contributed by atoms with Crippen LogP contribution in [0.2, 0.25) is 0 Å². The van der Waals surface area contributed by atoms with Gasteiger partial charge >= 0.3 is 0 Å². The molecule has 1 aromatic carbocycles. The molecule has 2 atom stereocenters. The quantitative estimate of drug-likeness (QED) is 0.849. The molecule has 122 valence electrons. The van der Waals surface area contributed by atoms with Gasteiger partial charge in [0.25, 0.3) is 0 Å². The molecule has 22 heavy (non-hydrogen) atoms. The fraction of sp³-hybridized carbons (Fsp3) is 0.556. The molecule has 2 N–H and O–H groups in total. The van der Waals surface area contributed by atoms with Gasteiger partial charge in [-0.1, -0.05) is 51.1 Å². The molecule has 4 nitrogen and oxygen atoms in total. The van der Waals surface area contributed by atoms with Crippen LogP contribution in [-0.2, 0) is 16.0 Å². The van der Waals surface area contributed by atoms with Crippen LogP contribution in [0.5, 0.6) is 0 Å². The van der Waals surface area contributed by atoms with Crippen molar-refractivity contribution in [1.29, 1.82) is 0 Å². The molecule has 0 fully saturated rings. The molecule has 0 heterocycles. The molecular weight excluding hydrogens is 276 g/mol. The van der Waals surface area contributed by atoms with E-state index in [9.17, 15) is 9.59 Å². The Hall–Kier alpha value is -1.84. The van der Waals surface area contributed by atoms with Crippen LogP contribution < -0.4 is 10.6 Å². The first-order valence-corrected chi connectivity index (χ1v) is 7.85. The van der Waals surface area contributed by atoms with Crippen molar-refractivity contribution in [2.24, 2.45) is 5.41 Å². The highest BCUT2D eigenvalue weighted by molar-refractivity contribution is 5.89. The smallest absolute Gasteiger partial charge is 0.242 e. The van der Waals surface area contributed by atoms with Crippen molar-refractivity contribution in [2.75, 3.05) is 0 Å². The molecule has 0 aromatic heterocycles. The first-order valence-electron chi connectivity index (χ1n) is 7.85. The van der Waals surface area contributed by atoms with Crippen LogP contribution in [0.25, 0.3) is 0 Å². The average molecular weight is 304 g/mol. The highest BCUT2D eigenvalue weighted by Gasteiger charge is 2.25. The number of rotatable bonds is 6. The summed E-state index contributed by atoms with van der Waals surface area (Å²) < 4.78 is 0.